The number of hydrogen-bond donors (Lipinski definition) is 3. The molecule has 0 bridgehead atoms. The molecule has 0 spiro atoms. The van der Waals surface area contributed by atoms with Crippen molar-refractivity contribution in [2.24, 2.45) is 17.6 Å². The first-order valence-corrected chi connectivity index (χ1v) is 10.9. The molecule has 0 heterocycles. The van der Waals surface area contributed by atoms with Crippen molar-refractivity contribution in [2.45, 2.75) is 38.5 Å². The maximum absolute atomic E-state index is 13.1. The van der Waals surface area contributed by atoms with Crippen molar-refractivity contribution in [1.29, 1.82) is 0 Å². The van der Waals surface area contributed by atoms with Crippen LogP contribution in [0.15, 0.2) is 41.3 Å². The van der Waals surface area contributed by atoms with Gasteiger partial charge in [0, 0.05) is 0 Å². The topological polar surface area (TPSA) is 102 Å². The molecule has 0 fully saturated rings. The van der Waals surface area contributed by atoms with E-state index in [9.17, 15) is 13.5 Å². The Bertz CT molecular complexity index is 911. The van der Waals surface area contributed by atoms with E-state index in [1.807, 2.05) is 20.8 Å². The zero-order valence-electron chi connectivity index (χ0n) is 16.9. The van der Waals surface area contributed by atoms with Crippen LogP contribution in [0, 0.1) is 11.8 Å². The lowest BCUT2D eigenvalue weighted by atomic mass is 10.00. The van der Waals surface area contributed by atoms with Gasteiger partial charge < -0.3 is 15.6 Å². The summed E-state index contributed by atoms with van der Waals surface area (Å²) >= 11 is 0. The summed E-state index contributed by atoms with van der Waals surface area (Å²) in [5, 5.41) is 10.6. The van der Waals surface area contributed by atoms with Crippen LogP contribution in [0.4, 0.5) is 5.69 Å². The van der Waals surface area contributed by atoms with Gasteiger partial charge >= 0.3 is 0 Å². The number of anilines is 1. The van der Waals surface area contributed by atoms with Crippen LogP contribution < -0.4 is 15.2 Å². The number of para-hydroxylation sites is 1. The van der Waals surface area contributed by atoms with Crippen LogP contribution >= 0.6 is 0 Å². The summed E-state index contributed by atoms with van der Waals surface area (Å²) in [6.07, 6.45) is 1.16. The highest BCUT2D eigenvalue weighted by molar-refractivity contribution is 7.92. The lowest BCUT2D eigenvalue weighted by Gasteiger charge is -2.17. The largest absolute Gasteiger partial charge is 0.505 e. The molecule has 0 aliphatic heterocycles. The molecule has 1 atom stereocenters. The minimum Gasteiger partial charge on any atom is -0.505 e. The predicted octanol–water partition coefficient (Wildman–Crippen LogP) is 3.54. The molecule has 0 aliphatic carbocycles. The molecule has 2 rings (SSSR count). The third kappa shape index (κ3) is 5.39. The number of ether oxygens (including phenoxy) is 1. The van der Waals surface area contributed by atoms with E-state index in [4.69, 9.17) is 10.5 Å². The maximum Gasteiger partial charge on any atom is 0.262 e. The Labute approximate surface area is 167 Å². The highest BCUT2D eigenvalue weighted by Crippen LogP contribution is 2.32. The molecule has 28 heavy (non-hydrogen) atoms. The Morgan fingerprint density at radius 1 is 1.11 bits per heavy atom. The normalized spacial score (nSPS) is 12.8. The first-order chi connectivity index (χ1) is 13.2. The first-order valence-electron chi connectivity index (χ1n) is 9.38. The van der Waals surface area contributed by atoms with Gasteiger partial charge in [-0.05, 0) is 66.6 Å². The summed E-state index contributed by atoms with van der Waals surface area (Å²) < 4.78 is 33.9. The van der Waals surface area contributed by atoms with E-state index in [0.29, 0.717) is 36.3 Å². The zero-order valence-corrected chi connectivity index (χ0v) is 17.7. The summed E-state index contributed by atoms with van der Waals surface area (Å²) in [5.41, 5.74) is 7.16. The molecule has 0 saturated heterocycles. The van der Waals surface area contributed by atoms with Crippen LogP contribution in [-0.4, -0.2) is 27.2 Å². The molecule has 6 nitrogen and oxygen atoms in total. The first kappa shape index (κ1) is 22.0. The Morgan fingerprint density at radius 3 is 2.43 bits per heavy atom. The van der Waals surface area contributed by atoms with Crippen molar-refractivity contribution >= 4 is 15.7 Å². The van der Waals surface area contributed by atoms with Gasteiger partial charge in [-0.2, -0.15) is 0 Å². The third-order valence-electron chi connectivity index (χ3n) is 4.52. The summed E-state index contributed by atoms with van der Waals surface area (Å²) in [5.74, 6) is 0.994. The van der Waals surface area contributed by atoms with Crippen LogP contribution in [0.1, 0.15) is 31.9 Å². The fourth-order valence-electron chi connectivity index (χ4n) is 3.04. The van der Waals surface area contributed by atoms with Crippen molar-refractivity contribution in [3.05, 3.63) is 47.5 Å². The molecule has 2 aromatic carbocycles. The quantitative estimate of drug-likeness (QED) is 0.553. The zero-order chi connectivity index (χ0) is 20.9. The average molecular weight is 407 g/mol. The third-order valence-corrected chi connectivity index (χ3v) is 5.99. The maximum atomic E-state index is 13.1. The lowest BCUT2D eigenvalue weighted by Crippen LogP contribution is -2.17. The van der Waals surface area contributed by atoms with Gasteiger partial charge in [0.1, 0.15) is 11.5 Å². The molecule has 4 N–H and O–H groups in total. The van der Waals surface area contributed by atoms with Crippen LogP contribution in [0.2, 0.25) is 0 Å². The van der Waals surface area contributed by atoms with Crippen LogP contribution in [-0.2, 0) is 22.9 Å². The fraction of sp³-hybridized carbons (Fsp3) is 0.429. The van der Waals surface area contributed by atoms with Gasteiger partial charge in [-0.25, -0.2) is 8.42 Å². The summed E-state index contributed by atoms with van der Waals surface area (Å²) in [7, 11) is -2.33. The highest BCUT2D eigenvalue weighted by atomic mass is 32.2. The second-order valence-electron chi connectivity index (χ2n) is 7.54. The fourth-order valence-corrected chi connectivity index (χ4v) is 4.34. The standard InChI is InChI=1S/C21H30N2O4S/c1-14(2)10-17-12-18(27-4)8-9-20(17)28(25,26)23-19-7-5-6-16(21(19)24)11-15(3)13-22/h5-9,12,14-15,23-24H,10-11,13,22H2,1-4H3/t15-/m1/s1. The number of hydrogen-bond acceptors (Lipinski definition) is 5. The lowest BCUT2D eigenvalue weighted by molar-refractivity contribution is 0.413. The average Bonchev–Trinajstić information content (AvgIpc) is 2.63. The van der Waals surface area contributed by atoms with E-state index in [1.165, 1.54) is 6.07 Å². The van der Waals surface area contributed by atoms with E-state index in [1.54, 1.807) is 37.4 Å². The molecule has 0 unspecified atom stereocenters. The molecular formula is C21H30N2O4S. The minimum absolute atomic E-state index is 0.0645. The number of rotatable bonds is 9. The van der Waals surface area contributed by atoms with Crippen LogP contribution in [0.5, 0.6) is 11.5 Å². The van der Waals surface area contributed by atoms with E-state index >= 15 is 0 Å². The second-order valence-corrected chi connectivity index (χ2v) is 9.19. The van der Waals surface area contributed by atoms with E-state index in [0.717, 1.165) is 0 Å². The molecule has 0 aromatic heterocycles. The van der Waals surface area contributed by atoms with Gasteiger partial charge in [-0.3, -0.25) is 4.72 Å². The number of methoxy groups -OCH3 is 1. The molecule has 0 amide bonds. The van der Waals surface area contributed by atoms with Crippen molar-refractivity contribution in [1.82, 2.24) is 0 Å². The highest BCUT2D eigenvalue weighted by Gasteiger charge is 2.22. The number of phenolic OH excluding ortho intramolecular Hbond substituents is 1. The van der Waals surface area contributed by atoms with Gasteiger partial charge in [-0.15, -0.1) is 0 Å². The van der Waals surface area contributed by atoms with Gasteiger partial charge in [0.15, 0.2) is 0 Å². The molecule has 0 aliphatic rings. The van der Waals surface area contributed by atoms with E-state index in [2.05, 4.69) is 4.72 Å². The van der Waals surface area contributed by atoms with Crippen LogP contribution in [0.25, 0.3) is 0 Å². The molecule has 154 valence electrons. The van der Waals surface area contributed by atoms with Gasteiger partial charge in [0.05, 0.1) is 17.7 Å². The summed E-state index contributed by atoms with van der Waals surface area (Å²) in [6.45, 7) is 6.51. The number of nitrogens with two attached hydrogens (primary N) is 1. The second kappa shape index (κ2) is 9.30. The number of nitrogens with one attached hydrogen (secondary N) is 1. The van der Waals surface area contributed by atoms with Gasteiger partial charge in [0.2, 0.25) is 0 Å². The minimum atomic E-state index is -3.88. The number of aromatic hydroxyl groups is 1. The Balaban J connectivity index is 2.40. The smallest absolute Gasteiger partial charge is 0.262 e. The SMILES string of the molecule is COc1ccc(S(=O)(=O)Nc2cccc(C[C@@H](C)CN)c2O)c(CC(C)C)c1. The van der Waals surface area contributed by atoms with E-state index in [-0.39, 0.29) is 28.2 Å². The van der Waals surface area contributed by atoms with Gasteiger partial charge in [0.25, 0.3) is 10.0 Å². The molecule has 0 saturated carbocycles. The van der Waals surface area contributed by atoms with Crippen LogP contribution in [0.3, 0.4) is 0 Å². The number of sulfonamides is 1. The van der Waals surface area contributed by atoms with Crippen molar-refractivity contribution in [2.75, 3.05) is 18.4 Å². The molecule has 7 heteroatoms. The summed E-state index contributed by atoms with van der Waals surface area (Å²) in [4.78, 5) is 0.183. The van der Waals surface area contributed by atoms with Crippen molar-refractivity contribution in [3.8, 4) is 11.5 Å². The Morgan fingerprint density at radius 2 is 1.82 bits per heavy atom. The number of phenols is 1. The van der Waals surface area contributed by atoms with Crippen molar-refractivity contribution < 1.29 is 18.3 Å². The van der Waals surface area contributed by atoms with Gasteiger partial charge in [-0.1, -0.05) is 32.9 Å². The summed E-state index contributed by atoms with van der Waals surface area (Å²) in [6, 6.07) is 9.95. The molecular weight excluding hydrogens is 376 g/mol. The van der Waals surface area contributed by atoms with Crippen molar-refractivity contribution in [3.63, 3.8) is 0 Å². The Hall–Kier alpha value is -2.25. The monoisotopic (exact) mass is 406 g/mol. The Kier molecular flexibility index (Phi) is 7.32. The number of benzene rings is 2. The van der Waals surface area contributed by atoms with E-state index < -0.39 is 10.0 Å². The molecule has 0 radical (unpaired) electrons. The molecule has 2 aromatic rings. The predicted molar refractivity (Wildman–Crippen MR) is 112 cm³/mol.